The molecule has 0 saturated carbocycles. The summed E-state index contributed by atoms with van der Waals surface area (Å²) in [5.74, 6) is -3.46. The number of halogens is 5. The third-order valence-corrected chi connectivity index (χ3v) is 3.46. The van der Waals surface area contributed by atoms with Gasteiger partial charge in [-0.3, -0.25) is 0 Å². The number of esters is 1. The summed E-state index contributed by atoms with van der Waals surface area (Å²) in [6.45, 7) is 1.09. The number of aromatic nitrogens is 1. The van der Waals surface area contributed by atoms with Crippen LogP contribution in [0.5, 0.6) is 0 Å². The van der Waals surface area contributed by atoms with Crippen LogP contribution >= 0.6 is 0 Å². The molecule has 144 valence electrons. The van der Waals surface area contributed by atoms with Crippen molar-refractivity contribution in [1.29, 1.82) is 0 Å². The number of rotatable bonds is 5. The summed E-state index contributed by atoms with van der Waals surface area (Å²) in [5.41, 5.74) is -6.92. The number of aromatic carboxylic acids is 1. The van der Waals surface area contributed by atoms with E-state index >= 15 is 0 Å². The van der Waals surface area contributed by atoms with Gasteiger partial charge in [-0.15, -0.1) is 0 Å². The SMILES string of the molecule is CCOC(=O)c1c(C(F)F)nc(C(F)(F)F)c(C(=O)O)c1-c1ccccc1. The number of benzene rings is 1. The Balaban J connectivity index is 3.08. The molecular formula is C17H12F5NO4. The van der Waals surface area contributed by atoms with Crippen molar-refractivity contribution in [2.75, 3.05) is 6.61 Å². The predicted molar refractivity (Wildman–Crippen MR) is 82.5 cm³/mol. The van der Waals surface area contributed by atoms with Gasteiger partial charge in [0, 0.05) is 5.56 Å². The molecule has 0 radical (unpaired) electrons. The first kappa shape index (κ1) is 20.3. The number of hydrogen-bond donors (Lipinski definition) is 1. The van der Waals surface area contributed by atoms with Crippen LogP contribution in [-0.2, 0) is 10.9 Å². The summed E-state index contributed by atoms with van der Waals surface area (Å²) in [6, 6.07) is 6.57. The molecule has 0 unspecified atom stereocenters. The Labute approximate surface area is 149 Å². The zero-order chi connectivity index (χ0) is 20.4. The van der Waals surface area contributed by atoms with Crippen molar-refractivity contribution in [2.45, 2.75) is 19.5 Å². The van der Waals surface area contributed by atoms with Crippen molar-refractivity contribution in [1.82, 2.24) is 4.98 Å². The smallest absolute Gasteiger partial charge is 0.434 e. The van der Waals surface area contributed by atoms with E-state index in [-0.39, 0.29) is 12.2 Å². The van der Waals surface area contributed by atoms with Crippen LogP contribution in [0.2, 0.25) is 0 Å². The van der Waals surface area contributed by atoms with E-state index in [0.717, 1.165) is 0 Å². The van der Waals surface area contributed by atoms with Gasteiger partial charge in [0.1, 0.15) is 5.69 Å². The van der Waals surface area contributed by atoms with E-state index in [4.69, 9.17) is 0 Å². The van der Waals surface area contributed by atoms with Crippen LogP contribution in [0.4, 0.5) is 22.0 Å². The Morgan fingerprint density at radius 2 is 1.74 bits per heavy atom. The van der Waals surface area contributed by atoms with Gasteiger partial charge >= 0.3 is 18.1 Å². The molecule has 0 aliphatic carbocycles. The number of carboxylic acids is 1. The molecule has 27 heavy (non-hydrogen) atoms. The van der Waals surface area contributed by atoms with Crippen molar-refractivity contribution < 1.29 is 41.4 Å². The first-order chi connectivity index (χ1) is 12.6. The number of carbonyl (C=O) groups excluding carboxylic acids is 1. The molecule has 10 heteroatoms. The van der Waals surface area contributed by atoms with E-state index in [9.17, 15) is 36.6 Å². The van der Waals surface area contributed by atoms with Crippen LogP contribution in [0, 0.1) is 0 Å². The zero-order valence-corrected chi connectivity index (χ0v) is 13.7. The Morgan fingerprint density at radius 1 is 1.15 bits per heavy atom. The highest BCUT2D eigenvalue weighted by Gasteiger charge is 2.43. The number of carboxylic acid groups (broad SMARTS) is 1. The third kappa shape index (κ3) is 4.04. The summed E-state index contributed by atoms with van der Waals surface area (Å²) in [4.78, 5) is 26.6. The molecule has 2 rings (SSSR count). The number of carbonyl (C=O) groups is 2. The van der Waals surface area contributed by atoms with Crippen LogP contribution in [0.1, 0.15) is 45.5 Å². The molecule has 1 N–H and O–H groups in total. The zero-order valence-electron chi connectivity index (χ0n) is 13.7. The summed E-state index contributed by atoms with van der Waals surface area (Å²) < 4.78 is 71.6. The molecule has 0 amide bonds. The van der Waals surface area contributed by atoms with Gasteiger partial charge in [0.05, 0.1) is 17.7 Å². The normalized spacial score (nSPS) is 11.5. The van der Waals surface area contributed by atoms with Crippen molar-refractivity contribution in [3.63, 3.8) is 0 Å². The predicted octanol–water partition coefficient (Wildman–Crippen LogP) is 4.58. The lowest BCUT2D eigenvalue weighted by molar-refractivity contribution is -0.142. The van der Waals surface area contributed by atoms with Gasteiger partial charge < -0.3 is 9.84 Å². The van der Waals surface area contributed by atoms with E-state index in [0.29, 0.717) is 0 Å². The average molecular weight is 389 g/mol. The molecule has 0 spiro atoms. The topological polar surface area (TPSA) is 76.5 Å². The van der Waals surface area contributed by atoms with E-state index < -0.39 is 52.6 Å². The highest BCUT2D eigenvalue weighted by atomic mass is 19.4. The fourth-order valence-electron chi connectivity index (χ4n) is 2.48. The minimum absolute atomic E-state index is 0.173. The lowest BCUT2D eigenvalue weighted by Crippen LogP contribution is -2.23. The summed E-state index contributed by atoms with van der Waals surface area (Å²) in [7, 11) is 0. The van der Waals surface area contributed by atoms with E-state index in [1.54, 1.807) is 0 Å². The summed E-state index contributed by atoms with van der Waals surface area (Å²) in [5, 5.41) is 9.36. The molecule has 0 atom stereocenters. The van der Waals surface area contributed by atoms with E-state index in [1.807, 2.05) is 0 Å². The number of alkyl halides is 5. The molecule has 1 aromatic carbocycles. The molecule has 1 heterocycles. The molecule has 0 bridgehead atoms. The molecule has 5 nitrogen and oxygen atoms in total. The first-order valence-corrected chi connectivity index (χ1v) is 7.48. The second-order valence-corrected chi connectivity index (χ2v) is 5.16. The largest absolute Gasteiger partial charge is 0.478 e. The van der Waals surface area contributed by atoms with Gasteiger partial charge in [0.25, 0.3) is 6.43 Å². The second kappa shape index (κ2) is 7.68. The maximum absolute atomic E-state index is 13.4. The second-order valence-electron chi connectivity index (χ2n) is 5.16. The monoisotopic (exact) mass is 389 g/mol. The van der Waals surface area contributed by atoms with Gasteiger partial charge in [0.15, 0.2) is 5.69 Å². The van der Waals surface area contributed by atoms with E-state index in [1.165, 1.54) is 37.3 Å². The van der Waals surface area contributed by atoms with E-state index in [2.05, 4.69) is 9.72 Å². The minimum Gasteiger partial charge on any atom is -0.478 e. The van der Waals surface area contributed by atoms with Crippen LogP contribution < -0.4 is 0 Å². The van der Waals surface area contributed by atoms with Gasteiger partial charge in [-0.2, -0.15) is 13.2 Å². The Morgan fingerprint density at radius 3 is 2.19 bits per heavy atom. The van der Waals surface area contributed by atoms with Gasteiger partial charge in [-0.05, 0) is 12.5 Å². The van der Waals surface area contributed by atoms with Gasteiger partial charge in [0.2, 0.25) is 0 Å². The quantitative estimate of drug-likeness (QED) is 0.598. The Kier molecular flexibility index (Phi) is 5.77. The maximum atomic E-state index is 13.4. The van der Waals surface area contributed by atoms with Crippen LogP contribution in [0.25, 0.3) is 11.1 Å². The van der Waals surface area contributed by atoms with Crippen molar-refractivity contribution >= 4 is 11.9 Å². The molecule has 0 aliphatic heterocycles. The molecule has 0 fully saturated rings. The Bertz CT molecular complexity index is 866. The van der Waals surface area contributed by atoms with Gasteiger partial charge in [-0.25, -0.2) is 23.4 Å². The highest BCUT2D eigenvalue weighted by molar-refractivity contribution is 6.06. The molecule has 0 aliphatic rings. The maximum Gasteiger partial charge on any atom is 0.434 e. The third-order valence-electron chi connectivity index (χ3n) is 3.46. The lowest BCUT2D eigenvalue weighted by Gasteiger charge is -2.19. The van der Waals surface area contributed by atoms with Gasteiger partial charge in [-0.1, -0.05) is 30.3 Å². The fourth-order valence-corrected chi connectivity index (χ4v) is 2.48. The number of ether oxygens (including phenoxy) is 1. The van der Waals surface area contributed by atoms with Crippen LogP contribution in [0.15, 0.2) is 30.3 Å². The number of nitrogens with zero attached hydrogens (tertiary/aromatic N) is 1. The highest BCUT2D eigenvalue weighted by Crippen LogP contribution is 2.41. The summed E-state index contributed by atoms with van der Waals surface area (Å²) in [6.07, 6.45) is -8.91. The van der Waals surface area contributed by atoms with Crippen molar-refractivity contribution in [3.8, 4) is 11.1 Å². The summed E-state index contributed by atoms with van der Waals surface area (Å²) >= 11 is 0. The molecular weight excluding hydrogens is 377 g/mol. The van der Waals surface area contributed by atoms with Crippen molar-refractivity contribution in [2.24, 2.45) is 0 Å². The van der Waals surface area contributed by atoms with Crippen molar-refractivity contribution in [3.05, 3.63) is 52.8 Å². The average Bonchev–Trinajstić information content (AvgIpc) is 2.59. The molecule has 0 saturated heterocycles. The van der Waals surface area contributed by atoms with Crippen LogP contribution in [-0.4, -0.2) is 28.6 Å². The fraction of sp³-hybridized carbons (Fsp3) is 0.235. The standard InChI is InChI=1S/C17H12F5NO4/c1-2-27-16(26)10-9(8-6-4-3-5-7-8)11(15(24)25)13(17(20,21)22)23-12(10)14(18)19/h3-7,14H,2H2,1H3,(H,24,25). The van der Waals surface area contributed by atoms with Crippen LogP contribution in [0.3, 0.4) is 0 Å². The molecule has 2 aromatic rings. The number of hydrogen-bond acceptors (Lipinski definition) is 4. The Hall–Kier alpha value is -3.04. The lowest BCUT2D eigenvalue weighted by atomic mass is 9.91. The first-order valence-electron chi connectivity index (χ1n) is 7.48. The molecule has 1 aromatic heterocycles. The minimum atomic E-state index is -5.34. The number of pyridine rings is 1.